The molecule has 0 radical (unpaired) electrons. The number of carboxylic acid groups (broad SMARTS) is 1. The number of hydrogen-bond donors (Lipinski definition) is 1. The predicted molar refractivity (Wildman–Crippen MR) is 160 cm³/mol. The van der Waals surface area contributed by atoms with E-state index in [2.05, 4.69) is 10.3 Å². The van der Waals surface area contributed by atoms with Crippen LogP contribution in [0.25, 0.3) is 0 Å². The minimum Gasteiger partial charge on any atom is -0.497 e. The third-order valence-corrected chi connectivity index (χ3v) is 11.2. The number of nitriles is 1. The van der Waals surface area contributed by atoms with Gasteiger partial charge in [-0.3, -0.25) is 0 Å². The van der Waals surface area contributed by atoms with Gasteiger partial charge in [0, 0.05) is 35.3 Å². The second-order valence-electron chi connectivity index (χ2n) is 10.4. The Bertz CT molecular complexity index is 1950. The van der Waals surface area contributed by atoms with Gasteiger partial charge >= 0.3 is 15.9 Å². The van der Waals surface area contributed by atoms with Crippen molar-refractivity contribution in [2.75, 3.05) is 29.9 Å². The maximum absolute atomic E-state index is 15.7. The van der Waals surface area contributed by atoms with Gasteiger partial charge in [0.05, 0.1) is 12.7 Å². The summed E-state index contributed by atoms with van der Waals surface area (Å²) in [5.41, 5.74) is -0.953. The van der Waals surface area contributed by atoms with Gasteiger partial charge in [-0.25, -0.2) is 14.2 Å². The summed E-state index contributed by atoms with van der Waals surface area (Å²) in [4.78, 5) is 33.9. The topological polar surface area (TPSA) is 153 Å². The number of imide groups is 1. The first-order valence-corrected chi connectivity index (χ1v) is 16.3. The molecule has 2 amide bonds. The van der Waals surface area contributed by atoms with E-state index in [1.165, 1.54) is 23.2 Å². The zero-order chi connectivity index (χ0) is 32.0. The standard InChI is InChI=1S/C31H26FN5O6S2/c1-2-43-26-13-7-4-10-22(26)31(23-18-35-25-12-6-3-9-21(23)25)28(38)37(30(39)40,45(41,42)27-14-8-5-11-24(27)32)19-20(17-33)36(31)29-34-15-16-44-29/h3-16,20,23,35H,2,18-19H2,1H3. The van der Waals surface area contributed by atoms with E-state index in [4.69, 9.17) is 4.74 Å². The Labute approximate surface area is 262 Å². The number of ether oxygens (including phenoxy) is 1. The molecule has 0 spiro atoms. The van der Waals surface area contributed by atoms with Gasteiger partial charge in [0.2, 0.25) is 0 Å². The molecule has 0 aliphatic carbocycles. The third-order valence-electron chi connectivity index (χ3n) is 8.30. The van der Waals surface area contributed by atoms with Crippen LogP contribution in [0, 0.1) is 17.1 Å². The molecule has 45 heavy (non-hydrogen) atoms. The van der Waals surface area contributed by atoms with Crippen molar-refractivity contribution in [3.63, 3.8) is 0 Å². The summed E-state index contributed by atoms with van der Waals surface area (Å²) in [6, 6.07) is 18.1. The van der Waals surface area contributed by atoms with Crippen molar-refractivity contribution < 1.29 is 36.1 Å². The van der Waals surface area contributed by atoms with Crippen molar-refractivity contribution in [1.29, 1.82) is 5.26 Å². The number of nitrogens with zero attached hydrogens (tertiary/aromatic N) is 4. The molecule has 4 atom stereocenters. The Morgan fingerprint density at radius 2 is 1.91 bits per heavy atom. The van der Waals surface area contributed by atoms with Gasteiger partial charge in [-0.1, -0.05) is 52.4 Å². The number of thiazole rings is 1. The lowest BCUT2D eigenvalue weighted by atomic mass is 9.70. The molecule has 0 bridgehead atoms. The van der Waals surface area contributed by atoms with Gasteiger partial charge < -0.3 is 24.9 Å². The van der Waals surface area contributed by atoms with Crippen molar-refractivity contribution in [2.24, 2.45) is 0 Å². The van der Waals surface area contributed by atoms with Crippen LogP contribution in [0.3, 0.4) is 0 Å². The van der Waals surface area contributed by atoms with Gasteiger partial charge in [0.15, 0.2) is 21.6 Å². The summed E-state index contributed by atoms with van der Waals surface area (Å²) >= 11 is 1.09. The van der Waals surface area contributed by atoms with Crippen molar-refractivity contribution >= 4 is 44.2 Å². The summed E-state index contributed by atoms with van der Waals surface area (Å²) in [5, 5.41) is 29.1. The second-order valence-corrected chi connectivity index (χ2v) is 13.3. The fourth-order valence-corrected chi connectivity index (χ4v) is 9.05. The van der Waals surface area contributed by atoms with Gasteiger partial charge in [-0.05, 0) is 36.8 Å². The lowest BCUT2D eigenvalue weighted by molar-refractivity contribution is -0.693. The Morgan fingerprint density at radius 1 is 1.20 bits per heavy atom. The van der Waals surface area contributed by atoms with E-state index in [1.54, 1.807) is 60.8 Å². The number of piperazine rings is 1. The Kier molecular flexibility index (Phi) is 7.56. The summed E-state index contributed by atoms with van der Waals surface area (Å²) < 4.78 is 47.9. The van der Waals surface area contributed by atoms with Gasteiger partial charge in [0.25, 0.3) is 6.09 Å². The minimum atomic E-state index is -5.45. The SMILES string of the molecule is CCOc1ccccc1C1(C2CNc3ccccc32)C(=O)[N+](C(=O)[O-])(S(=O)(=O)c2ccccc2F)CC(C#N)N1c1nccs1. The van der Waals surface area contributed by atoms with E-state index >= 15 is 9.18 Å². The molecule has 2 aliphatic rings. The average molecular weight is 648 g/mol. The number of aromatic nitrogens is 1. The normalized spacial score (nSPS) is 24.4. The van der Waals surface area contributed by atoms with Crippen LogP contribution in [-0.2, 0) is 20.4 Å². The molecule has 1 aromatic heterocycles. The van der Waals surface area contributed by atoms with Crippen molar-refractivity contribution in [3.05, 3.63) is 101 Å². The van der Waals surface area contributed by atoms with Crippen LogP contribution in [0.1, 0.15) is 24.0 Å². The highest BCUT2D eigenvalue weighted by Crippen LogP contribution is 2.56. The Hall–Kier alpha value is -4.84. The maximum atomic E-state index is 15.7. The number of quaternary nitrogens is 1. The number of benzene rings is 3. The number of hydrogen-bond acceptors (Lipinski definition) is 11. The van der Waals surface area contributed by atoms with Gasteiger partial charge in [0.1, 0.15) is 18.1 Å². The maximum Gasteiger partial charge on any atom is 0.366 e. The monoisotopic (exact) mass is 647 g/mol. The number of fused-ring (bicyclic) bond motifs is 1. The zero-order valence-corrected chi connectivity index (χ0v) is 25.4. The van der Waals surface area contributed by atoms with Crippen molar-refractivity contribution in [1.82, 2.24) is 4.98 Å². The quantitative estimate of drug-likeness (QED) is 0.295. The molecule has 230 valence electrons. The van der Waals surface area contributed by atoms with Gasteiger partial charge in [-0.2, -0.15) is 13.7 Å². The molecular weight excluding hydrogens is 622 g/mol. The number of halogens is 1. The summed E-state index contributed by atoms with van der Waals surface area (Å²) in [5.74, 6) is -3.45. The molecule has 11 nitrogen and oxygen atoms in total. The van der Waals surface area contributed by atoms with Crippen LogP contribution >= 0.6 is 11.3 Å². The first kappa shape index (κ1) is 30.2. The first-order chi connectivity index (χ1) is 21.7. The lowest BCUT2D eigenvalue weighted by Gasteiger charge is -2.54. The van der Waals surface area contributed by atoms with Crippen molar-refractivity contribution in [3.8, 4) is 11.8 Å². The third kappa shape index (κ3) is 4.22. The van der Waals surface area contributed by atoms with E-state index in [-0.39, 0.29) is 29.6 Å². The predicted octanol–water partition coefficient (Wildman–Crippen LogP) is 3.57. The molecule has 4 unspecified atom stereocenters. The fraction of sp³-hybridized carbons (Fsp3) is 0.226. The summed E-state index contributed by atoms with van der Waals surface area (Å²) in [6.07, 6.45) is -0.857. The molecule has 3 aromatic carbocycles. The number of amides is 2. The molecule has 1 fully saturated rings. The average Bonchev–Trinajstić information content (AvgIpc) is 3.72. The second kappa shape index (κ2) is 11.3. The van der Waals surface area contributed by atoms with Crippen LogP contribution in [0.2, 0.25) is 0 Å². The van der Waals surface area contributed by atoms with Gasteiger partial charge in [-0.15, -0.1) is 11.3 Å². The lowest BCUT2D eigenvalue weighted by Crippen LogP contribution is -2.81. The van der Waals surface area contributed by atoms with Crippen LogP contribution in [0.5, 0.6) is 5.75 Å². The molecule has 1 saturated heterocycles. The van der Waals surface area contributed by atoms with Crippen LogP contribution in [0.15, 0.2) is 89.3 Å². The zero-order valence-electron chi connectivity index (χ0n) is 23.8. The van der Waals surface area contributed by atoms with E-state index in [9.17, 15) is 23.6 Å². The molecule has 6 rings (SSSR count). The number of nitrogens with one attached hydrogen (secondary N) is 1. The van der Waals surface area contributed by atoms with E-state index in [0.29, 0.717) is 11.3 Å². The molecule has 4 aromatic rings. The summed E-state index contributed by atoms with van der Waals surface area (Å²) in [7, 11) is -5.45. The molecule has 2 aliphatic heterocycles. The summed E-state index contributed by atoms with van der Waals surface area (Å²) in [6.45, 7) is 0.805. The smallest absolute Gasteiger partial charge is 0.366 e. The molecular formula is C31H26FN5O6S2. The molecule has 14 heteroatoms. The molecule has 1 N–H and O–H groups in total. The number of rotatable bonds is 7. The number of anilines is 2. The minimum absolute atomic E-state index is 0.0400. The number of para-hydroxylation sites is 2. The first-order valence-electron chi connectivity index (χ1n) is 13.9. The van der Waals surface area contributed by atoms with E-state index in [0.717, 1.165) is 23.5 Å². The van der Waals surface area contributed by atoms with Crippen molar-refractivity contribution in [2.45, 2.75) is 29.3 Å². The highest BCUT2D eigenvalue weighted by molar-refractivity contribution is 7.86. The van der Waals surface area contributed by atoms with E-state index < -0.39 is 60.7 Å². The largest absolute Gasteiger partial charge is 0.497 e. The molecule has 3 heterocycles. The highest BCUT2D eigenvalue weighted by atomic mass is 32.2. The Morgan fingerprint density at radius 3 is 2.60 bits per heavy atom. The number of sulfonamides is 1. The Balaban J connectivity index is 1.80. The van der Waals surface area contributed by atoms with E-state index in [1.807, 2.05) is 6.07 Å². The molecule has 0 saturated carbocycles. The number of carbonyl (C=O) groups excluding carboxylic acids is 2. The number of carbonyl (C=O) groups is 2. The van der Waals surface area contributed by atoms with Crippen LogP contribution in [0.4, 0.5) is 20.0 Å². The fourth-order valence-electron chi connectivity index (χ4n) is 6.50. The van der Waals surface area contributed by atoms with Crippen LogP contribution in [-0.4, -0.2) is 55.0 Å². The van der Waals surface area contributed by atoms with Crippen LogP contribution < -0.4 is 20.1 Å². The highest BCUT2D eigenvalue weighted by Gasteiger charge is 2.73.